The highest BCUT2D eigenvalue weighted by molar-refractivity contribution is 5.72. The van der Waals surface area contributed by atoms with Crippen molar-refractivity contribution in [3.8, 4) is 5.75 Å². The summed E-state index contributed by atoms with van der Waals surface area (Å²) < 4.78 is 10.1. The first kappa shape index (κ1) is 13.5. The Balaban J connectivity index is 2.42. The summed E-state index contributed by atoms with van der Waals surface area (Å²) in [5, 5.41) is 0. The normalized spacial score (nSPS) is 10.4. The van der Waals surface area contributed by atoms with E-state index in [1.54, 1.807) is 0 Å². The number of ether oxygens (including phenoxy) is 2. The number of nitrogens with zero attached hydrogens (tertiary/aromatic N) is 1. The van der Waals surface area contributed by atoms with E-state index in [9.17, 15) is 4.79 Å². The van der Waals surface area contributed by atoms with E-state index < -0.39 is 0 Å². The second-order valence-electron chi connectivity index (χ2n) is 4.05. The number of methoxy groups -OCH3 is 1. The van der Waals surface area contributed by atoms with Crippen molar-refractivity contribution in [3.05, 3.63) is 29.8 Å². The molecule has 0 bridgehead atoms. The van der Waals surface area contributed by atoms with E-state index in [2.05, 4.69) is 9.64 Å². The molecule has 1 aromatic carbocycles. The number of hydrogen-bond donors (Lipinski definition) is 0. The highest BCUT2D eigenvalue weighted by Crippen LogP contribution is 2.12. The molecule has 0 N–H and O–H groups in total. The lowest BCUT2D eigenvalue weighted by Gasteiger charge is -2.11. The first-order valence-electron chi connectivity index (χ1n) is 5.55. The largest absolute Gasteiger partial charge is 0.492 e. The summed E-state index contributed by atoms with van der Waals surface area (Å²) in [6, 6.07) is 7.49. The van der Waals surface area contributed by atoms with E-state index in [0.29, 0.717) is 13.0 Å². The topological polar surface area (TPSA) is 38.8 Å². The van der Waals surface area contributed by atoms with Crippen LogP contribution in [0, 0.1) is 0 Å². The summed E-state index contributed by atoms with van der Waals surface area (Å²) in [6.07, 6.45) is 0.300. The van der Waals surface area contributed by atoms with E-state index in [1.807, 2.05) is 38.4 Å². The van der Waals surface area contributed by atoms with Crippen LogP contribution in [0.5, 0.6) is 5.75 Å². The minimum atomic E-state index is -0.230. The standard InChI is InChI=1S/C13H19NO3/c1-14(2)8-9-17-12-6-4-11(5-7-12)10-13(15)16-3/h4-7H,8-10H2,1-3H3. The predicted octanol–water partition coefficient (Wildman–Crippen LogP) is 1.34. The maximum Gasteiger partial charge on any atom is 0.309 e. The molecule has 1 aromatic rings. The van der Waals surface area contributed by atoms with Gasteiger partial charge in [0.05, 0.1) is 13.5 Å². The first-order chi connectivity index (χ1) is 8.11. The van der Waals surface area contributed by atoms with Gasteiger partial charge in [-0.05, 0) is 31.8 Å². The fourth-order valence-electron chi connectivity index (χ4n) is 1.29. The molecule has 4 nitrogen and oxygen atoms in total. The fraction of sp³-hybridized carbons (Fsp3) is 0.462. The van der Waals surface area contributed by atoms with Gasteiger partial charge in [-0.3, -0.25) is 4.79 Å². The van der Waals surface area contributed by atoms with E-state index in [4.69, 9.17) is 4.74 Å². The fourth-order valence-corrected chi connectivity index (χ4v) is 1.29. The van der Waals surface area contributed by atoms with Crippen LogP contribution < -0.4 is 4.74 Å². The Morgan fingerprint density at radius 2 is 1.88 bits per heavy atom. The third kappa shape index (κ3) is 5.36. The number of carbonyl (C=O) groups is 1. The Hall–Kier alpha value is -1.55. The van der Waals surface area contributed by atoms with Gasteiger partial charge in [0.1, 0.15) is 12.4 Å². The molecule has 4 heteroatoms. The quantitative estimate of drug-likeness (QED) is 0.700. The van der Waals surface area contributed by atoms with Crippen LogP contribution in [0.3, 0.4) is 0 Å². The Morgan fingerprint density at radius 1 is 1.24 bits per heavy atom. The molecular weight excluding hydrogens is 218 g/mol. The van der Waals surface area contributed by atoms with Crippen LogP contribution in [0.1, 0.15) is 5.56 Å². The Morgan fingerprint density at radius 3 is 2.41 bits per heavy atom. The molecule has 17 heavy (non-hydrogen) atoms. The average molecular weight is 237 g/mol. The minimum absolute atomic E-state index is 0.230. The molecule has 0 spiro atoms. The molecule has 0 aliphatic heterocycles. The highest BCUT2D eigenvalue weighted by Gasteiger charge is 2.02. The summed E-state index contributed by atoms with van der Waals surface area (Å²) in [6.45, 7) is 1.53. The monoisotopic (exact) mass is 237 g/mol. The van der Waals surface area contributed by atoms with Crippen molar-refractivity contribution in [2.24, 2.45) is 0 Å². The molecule has 0 atom stereocenters. The van der Waals surface area contributed by atoms with Crippen molar-refractivity contribution < 1.29 is 14.3 Å². The molecule has 0 heterocycles. The van der Waals surface area contributed by atoms with Gasteiger partial charge in [0.25, 0.3) is 0 Å². The van der Waals surface area contributed by atoms with E-state index in [0.717, 1.165) is 17.9 Å². The van der Waals surface area contributed by atoms with Crippen LogP contribution in [0.2, 0.25) is 0 Å². The molecule has 0 unspecified atom stereocenters. The molecule has 0 aliphatic rings. The zero-order chi connectivity index (χ0) is 12.7. The average Bonchev–Trinajstić information content (AvgIpc) is 2.31. The molecule has 0 aliphatic carbocycles. The van der Waals surface area contributed by atoms with Gasteiger partial charge >= 0.3 is 5.97 Å². The first-order valence-corrected chi connectivity index (χ1v) is 5.55. The molecule has 0 radical (unpaired) electrons. The summed E-state index contributed by atoms with van der Waals surface area (Å²) in [5.74, 6) is 0.590. The summed E-state index contributed by atoms with van der Waals surface area (Å²) in [7, 11) is 5.40. The smallest absolute Gasteiger partial charge is 0.309 e. The maximum atomic E-state index is 11.1. The molecule has 0 saturated heterocycles. The van der Waals surface area contributed by atoms with Crippen LogP contribution in [0.25, 0.3) is 0 Å². The lowest BCUT2D eigenvalue weighted by atomic mass is 10.1. The Labute approximate surface area is 102 Å². The highest BCUT2D eigenvalue weighted by atomic mass is 16.5. The Bertz CT molecular complexity index is 346. The van der Waals surface area contributed by atoms with Crippen LogP contribution in [-0.2, 0) is 16.0 Å². The van der Waals surface area contributed by atoms with Gasteiger partial charge in [0, 0.05) is 6.54 Å². The van der Waals surface area contributed by atoms with Gasteiger partial charge in [-0.1, -0.05) is 12.1 Å². The van der Waals surface area contributed by atoms with Crippen molar-refractivity contribution >= 4 is 5.97 Å². The van der Waals surface area contributed by atoms with Crippen molar-refractivity contribution in [3.63, 3.8) is 0 Å². The van der Waals surface area contributed by atoms with Crippen molar-refractivity contribution in [2.45, 2.75) is 6.42 Å². The number of hydrogen-bond acceptors (Lipinski definition) is 4. The molecular formula is C13H19NO3. The second kappa shape index (κ2) is 6.91. The summed E-state index contributed by atoms with van der Waals surface area (Å²) in [4.78, 5) is 13.1. The molecule has 1 rings (SSSR count). The molecule has 0 fully saturated rings. The third-order valence-corrected chi connectivity index (χ3v) is 2.31. The lowest BCUT2D eigenvalue weighted by molar-refractivity contribution is -0.139. The van der Waals surface area contributed by atoms with Crippen molar-refractivity contribution in [2.75, 3.05) is 34.4 Å². The summed E-state index contributed by atoms with van der Waals surface area (Å²) >= 11 is 0. The second-order valence-corrected chi connectivity index (χ2v) is 4.05. The van der Waals surface area contributed by atoms with E-state index >= 15 is 0 Å². The summed E-state index contributed by atoms with van der Waals surface area (Å²) in [5.41, 5.74) is 0.928. The van der Waals surface area contributed by atoms with Crippen LogP contribution in [0.15, 0.2) is 24.3 Å². The molecule has 94 valence electrons. The van der Waals surface area contributed by atoms with Gasteiger partial charge in [0.15, 0.2) is 0 Å². The molecule has 0 saturated carbocycles. The maximum absolute atomic E-state index is 11.1. The number of rotatable bonds is 6. The van der Waals surface area contributed by atoms with Crippen LogP contribution >= 0.6 is 0 Å². The van der Waals surface area contributed by atoms with Crippen LogP contribution in [-0.4, -0.2) is 45.2 Å². The molecule has 0 amide bonds. The number of esters is 1. The van der Waals surface area contributed by atoms with Gasteiger partial charge < -0.3 is 14.4 Å². The van der Waals surface area contributed by atoms with Crippen molar-refractivity contribution in [1.82, 2.24) is 4.90 Å². The zero-order valence-corrected chi connectivity index (χ0v) is 10.6. The van der Waals surface area contributed by atoms with E-state index in [1.165, 1.54) is 7.11 Å². The van der Waals surface area contributed by atoms with E-state index in [-0.39, 0.29) is 5.97 Å². The van der Waals surface area contributed by atoms with Gasteiger partial charge in [0.2, 0.25) is 0 Å². The number of carbonyl (C=O) groups excluding carboxylic acids is 1. The number of likely N-dealkylation sites (N-methyl/N-ethyl adjacent to an activating group) is 1. The number of benzene rings is 1. The SMILES string of the molecule is COC(=O)Cc1ccc(OCCN(C)C)cc1. The minimum Gasteiger partial charge on any atom is -0.492 e. The third-order valence-electron chi connectivity index (χ3n) is 2.31. The van der Waals surface area contributed by atoms with Gasteiger partial charge in [-0.2, -0.15) is 0 Å². The van der Waals surface area contributed by atoms with Gasteiger partial charge in [-0.15, -0.1) is 0 Å². The lowest BCUT2D eigenvalue weighted by Crippen LogP contribution is -2.19. The van der Waals surface area contributed by atoms with Crippen molar-refractivity contribution in [1.29, 1.82) is 0 Å². The molecule has 0 aromatic heterocycles. The Kier molecular flexibility index (Phi) is 5.49. The zero-order valence-electron chi connectivity index (χ0n) is 10.6. The van der Waals surface area contributed by atoms with Gasteiger partial charge in [-0.25, -0.2) is 0 Å². The van der Waals surface area contributed by atoms with Crippen LogP contribution in [0.4, 0.5) is 0 Å². The predicted molar refractivity (Wildman–Crippen MR) is 66.2 cm³/mol.